The van der Waals surface area contributed by atoms with Crippen LogP contribution in [0.4, 0.5) is 0 Å². The van der Waals surface area contributed by atoms with E-state index < -0.39 is 0 Å². The van der Waals surface area contributed by atoms with Crippen LogP contribution in [0.2, 0.25) is 0 Å². The number of allylic oxidation sites excluding steroid dienone is 5. The van der Waals surface area contributed by atoms with E-state index in [4.69, 9.17) is 9.47 Å². The van der Waals surface area contributed by atoms with Gasteiger partial charge < -0.3 is 9.47 Å². The van der Waals surface area contributed by atoms with Crippen LogP contribution in [0.15, 0.2) is 121 Å². The Morgan fingerprint density at radius 1 is 0.583 bits per heavy atom. The van der Waals surface area contributed by atoms with Crippen LogP contribution in [0, 0.1) is 0 Å². The first-order valence-electron chi connectivity index (χ1n) is 11.8. The maximum Gasteiger partial charge on any atom is 0.186 e. The molecule has 3 nitrogen and oxygen atoms in total. The first-order chi connectivity index (χ1) is 17.7. The van der Waals surface area contributed by atoms with Gasteiger partial charge in [0.1, 0.15) is 11.5 Å². The van der Waals surface area contributed by atoms with Crippen molar-refractivity contribution in [2.75, 3.05) is 14.2 Å². The van der Waals surface area contributed by atoms with Crippen LogP contribution in [0.25, 0.3) is 16.7 Å². The molecule has 0 spiro atoms. The lowest BCUT2D eigenvalue weighted by Crippen LogP contribution is -2.06. The van der Waals surface area contributed by atoms with Gasteiger partial charge in [-0.15, -0.1) is 0 Å². The van der Waals surface area contributed by atoms with Crippen molar-refractivity contribution in [2.24, 2.45) is 0 Å². The largest absolute Gasteiger partial charge is 0.497 e. The Labute approximate surface area is 211 Å². The standard InChI is InChI=1S/C33H26O3/c1-35-26-16-12-24(13-17-26)31(25-14-18-27(36-2)19-15-25)22-32(23-8-4-3-5-9-23)29-20-21-33(34)30-11-7-6-10-28(29)30/h3-22H,1-2H3/b32-29+. The molecular formula is C33H26O3. The Morgan fingerprint density at radius 3 is 1.67 bits per heavy atom. The molecule has 5 rings (SSSR count). The van der Waals surface area contributed by atoms with E-state index in [1.54, 1.807) is 20.3 Å². The minimum absolute atomic E-state index is 0.0243. The third kappa shape index (κ3) is 4.64. The molecule has 0 unspecified atom stereocenters. The van der Waals surface area contributed by atoms with Gasteiger partial charge in [0.2, 0.25) is 0 Å². The number of benzene rings is 4. The molecule has 4 aromatic carbocycles. The summed E-state index contributed by atoms with van der Waals surface area (Å²) in [6.07, 6.45) is 5.81. The van der Waals surface area contributed by atoms with Crippen LogP contribution in [0.5, 0.6) is 11.5 Å². The number of methoxy groups -OCH3 is 2. The second-order valence-electron chi connectivity index (χ2n) is 8.45. The lowest BCUT2D eigenvalue weighted by molar-refractivity contribution is 0.104. The normalized spacial score (nSPS) is 13.6. The fourth-order valence-corrected chi connectivity index (χ4v) is 4.46. The highest BCUT2D eigenvalue weighted by molar-refractivity contribution is 6.17. The zero-order chi connectivity index (χ0) is 24.9. The van der Waals surface area contributed by atoms with Gasteiger partial charge in [-0.3, -0.25) is 4.79 Å². The number of ether oxygens (including phenoxy) is 2. The average molecular weight is 471 g/mol. The monoisotopic (exact) mass is 470 g/mol. The molecule has 0 aromatic heterocycles. The topological polar surface area (TPSA) is 35.5 Å². The predicted molar refractivity (Wildman–Crippen MR) is 146 cm³/mol. The zero-order valence-electron chi connectivity index (χ0n) is 20.3. The van der Waals surface area contributed by atoms with E-state index in [0.29, 0.717) is 5.56 Å². The SMILES string of the molecule is COc1ccc(C(=C/C(=C2/C=CC(=O)c3ccccc32)c2ccccc2)c2ccc(OC)cc2)cc1. The van der Waals surface area contributed by atoms with E-state index in [1.165, 1.54) is 0 Å². The summed E-state index contributed by atoms with van der Waals surface area (Å²) in [4.78, 5) is 12.6. The van der Waals surface area contributed by atoms with E-state index in [-0.39, 0.29) is 5.78 Å². The fourth-order valence-electron chi connectivity index (χ4n) is 4.46. The van der Waals surface area contributed by atoms with Crippen LogP contribution in [0.3, 0.4) is 0 Å². The summed E-state index contributed by atoms with van der Waals surface area (Å²) in [5, 5.41) is 0. The molecule has 0 saturated heterocycles. The van der Waals surface area contributed by atoms with Crippen molar-refractivity contribution in [1.29, 1.82) is 0 Å². The minimum atomic E-state index is 0.0243. The molecule has 0 radical (unpaired) electrons. The molecular weight excluding hydrogens is 444 g/mol. The highest BCUT2D eigenvalue weighted by Gasteiger charge is 2.19. The van der Waals surface area contributed by atoms with E-state index in [2.05, 4.69) is 42.5 Å². The lowest BCUT2D eigenvalue weighted by Gasteiger charge is -2.19. The van der Waals surface area contributed by atoms with Crippen molar-refractivity contribution in [3.05, 3.63) is 149 Å². The molecule has 0 amide bonds. The predicted octanol–water partition coefficient (Wildman–Crippen LogP) is 7.50. The molecule has 36 heavy (non-hydrogen) atoms. The summed E-state index contributed by atoms with van der Waals surface area (Å²) in [6, 6.07) is 34.2. The molecule has 0 saturated carbocycles. The Morgan fingerprint density at radius 2 is 1.11 bits per heavy atom. The molecule has 1 aliphatic rings. The van der Waals surface area contributed by atoms with Crippen molar-refractivity contribution < 1.29 is 14.3 Å². The molecule has 1 aliphatic carbocycles. The van der Waals surface area contributed by atoms with Gasteiger partial charge in [-0.05, 0) is 81.5 Å². The van der Waals surface area contributed by atoms with Crippen molar-refractivity contribution in [3.63, 3.8) is 0 Å². The lowest BCUT2D eigenvalue weighted by atomic mass is 9.84. The van der Waals surface area contributed by atoms with Crippen molar-refractivity contribution in [1.82, 2.24) is 0 Å². The van der Waals surface area contributed by atoms with Crippen molar-refractivity contribution in [3.8, 4) is 11.5 Å². The number of carbonyl (C=O) groups excluding carboxylic acids is 1. The first-order valence-corrected chi connectivity index (χ1v) is 11.8. The average Bonchev–Trinajstić information content (AvgIpc) is 2.95. The van der Waals surface area contributed by atoms with Crippen molar-refractivity contribution >= 4 is 22.5 Å². The second kappa shape index (κ2) is 10.3. The van der Waals surface area contributed by atoms with Gasteiger partial charge in [-0.25, -0.2) is 0 Å². The Hall–Kier alpha value is -4.63. The highest BCUT2D eigenvalue weighted by Crippen LogP contribution is 2.37. The molecule has 0 atom stereocenters. The Balaban J connectivity index is 1.79. The molecule has 4 aromatic rings. The maximum absolute atomic E-state index is 12.6. The summed E-state index contributed by atoms with van der Waals surface area (Å²) in [5.41, 5.74) is 7.93. The molecule has 176 valence electrons. The number of ketones is 1. The zero-order valence-corrected chi connectivity index (χ0v) is 20.3. The molecule has 0 bridgehead atoms. The Bertz CT molecular complexity index is 1420. The van der Waals surface area contributed by atoms with Gasteiger partial charge in [-0.1, -0.05) is 78.9 Å². The van der Waals surface area contributed by atoms with Crippen LogP contribution in [-0.4, -0.2) is 20.0 Å². The molecule has 0 aliphatic heterocycles. The third-order valence-electron chi connectivity index (χ3n) is 6.35. The van der Waals surface area contributed by atoms with Gasteiger partial charge in [0, 0.05) is 5.56 Å². The van der Waals surface area contributed by atoms with Crippen molar-refractivity contribution in [2.45, 2.75) is 0 Å². The van der Waals surface area contributed by atoms with Crippen LogP contribution in [-0.2, 0) is 0 Å². The van der Waals surface area contributed by atoms with E-state index in [1.807, 2.05) is 72.8 Å². The molecule has 0 N–H and O–H groups in total. The summed E-state index contributed by atoms with van der Waals surface area (Å²) >= 11 is 0. The van der Waals surface area contributed by atoms with E-state index >= 15 is 0 Å². The number of fused-ring (bicyclic) bond motifs is 1. The third-order valence-corrected chi connectivity index (χ3v) is 6.35. The van der Waals surface area contributed by atoms with Gasteiger partial charge in [0.05, 0.1) is 14.2 Å². The van der Waals surface area contributed by atoms with E-state index in [9.17, 15) is 4.79 Å². The molecule has 0 fully saturated rings. The fraction of sp³-hybridized carbons (Fsp3) is 0.0606. The summed E-state index contributed by atoms with van der Waals surface area (Å²) in [5.74, 6) is 1.63. The number of rotatable bonds is 6. The number of hydrogen-bond acceptors (Lipinski definition) is 3. The van der Waals surface area contributed by atoms with Crippen LogP contribution >= 0.6 is 0 Å². The highest BCUT2D eigenvalue weighted by atomic mass is 16.5. The van der Waals surface area contributed by atoms with Gasteiger partial charge in [0.15, 0.2) is 5.78 Å². The summed E-state index contributed by atoms with van der Waals surface area (Å²) in [7, 11) is 3.34. The Kier molecular flexibility index (Phi) is 6.63. The van der Waals surface area contributed by atoms with Crippen LogP contribution < -0.4 is 9.47 Å². The van der Waals surface area contributed by atoms with Gasteiger partial charge in [-0.2, -0.15) is 0 Å². The van der Waals surface area contributed by atoms with E-state index in [0.717, 1.165) is 50.5 Å². The number of hydrogen-bond donors (Lipinski definition) is 0. The van der Waals surface area contributed by atoms with Gasteiger partial charge in [0.25, 0.3) is 0 Å². The summed E-state index contributed by atoms with van der Waals surface area (Å²) < 4.78 is 10.8. The van der Waals surface area contributed by atoms with Gasteiger partial charge >= 0.3 is 0 Å². The smallest absolute Gasteiger partial charge is 0.186 e. The maximum atomic E-state index is 12.6. The van der Waals surface area contributed by atoms with Crippen LogP contribution in [0.1, 0.15) is 32.6 Å². The summed E-state index contributed by atoms with van der Waals surface area (Å²) in [6.45, 7) is 0. The first kappa shape index (κ1) is 23.1. The minimum Gasteiger partial charge on any atom is -0.497 e. The molecule has 3 heteroatoms. The second-order valence-corrected chi connectivity index (χ2v) is 8.45. The molecule has 0 heterocycles. The quantitative estimate of drug-likeness (QED) is 0.293. The number of carbonyl (C=O) groups is 1.